The number of carbonyl (C=O) groups is 3. The lowest BCUT2D eigenvalue weighted by Crippen LogP contribution is -2.60. The second-order valence-electron chi connectivity index (χ2n) is 11.9. The fourth-order valence-corrected chi connectivity index (χ4v) is 6.86. The van der Waals surface area contributed by atoms with Crippen molar-refractivity contribution in [2.24, 2.45) is 4.99 Å². The number of guanidine groups is 1. The molecule has 0 saturated carbocycles. The second kappa shape index (κ2) is 14.3. The highest BCUT2D eigenvalue weighted by Crippen LogP contribution is 2.38. The van der Waals surface area contributed by atoms with E-state index in [1.165, 1.54) is 35.6 Å². The van der Waals surface area contributed by atoms with Crippen LogP contribution in [0.1, 0.15) is 35.9 Å². The monoisotopic (exact) mass is 715 g/mol. The van der Waals surface area contributed by atoms with Crippen LogP contribution in [0.25, 0.3) is 0 Å². The molecule has 5 heterocycles. The molecule has 3 amide bonds. The Morgan fingerprint density at radius 2 is 1.84 bits per heavy atom. The van der Waals surface area contributed by atoms with Crippen LogP contribution in [0.2, 0.25) is 0 Å². The molecular weight excluding hydrogens is 679 g/mol. The number of nitrogens with zero attached hydrogens (tertiary/aromatic N) is 8. The van der Waals surface area contributed by atoms with E-state index in [0.717, 1.165) is 5.57 Å². The molecule has 4 aliphatic rings. The number of allylic oxidation sites excluding steroid dienone is 1. The molecule has 0 spiro atoms. The van der Waals surface area contributed by atoms with E-state index in [9.17, 15) is 32.7 Å². The van der Waals surface area contributed by atoms with Gasteiger partial charge in [0.15, 0.2) is 11.4 Å². The lowest BCUT2D eigenvalue weighted by molar-refractivity contribution is -0.138. The fourth-order valence-electron chi connectivity index (χ4n) is 6.32. The number of ether oxygens (including phenoxy) is 1. The number of carbonyl (C=O) groups excluding carboxylic acids is 3. The lowest BCUT2D eigenvalue weighted by Gasteiger charge is -2.44. The van der Waals surface area contributed by atoms with Gasteiger partial charge in [-0.25, -0.2) is 20.0 Å². The molecule has 18 heteroatoms. The molecule has 0 bridgehead atoms. The Bertz CT molecular complexity index is 1760. The van der Waals surface area contributed by atoms with Gasteiger partial charge < -0.3 is 29.9 Å². The third kappa shape index (κ3) is 7.13. The van der Waals surface area contributed by atoms with Crippen LogP contribution in [0.15, 0.2) is 63.5 Å². The third-order valence-corrected chi connectivity index (χ3v) is 9.50. The van der Waals surface area contributed by atoms with Crippen molar-refractivity contribution in [3.8, 4) is 5.75 Å². The van der Waals surface area contributed by atoms with Gasteiger partial charge in [-0.1, -0.05) is 13.0 Å². The number of halogens is 3. The molecule has 1 fully saturated rings. The molecule has 266 valence electrons. The molecule has 1 atom stereocenters. The van der Waals surface area contributed by atoms with Crippen molar-refractivity contribution in [2.75, 3.05) is 58.3 Å². The zero-order chi connectivity index (χ0) is 35.7. The van der Waals surface area contributed by atoms with Crippen molar-refractivity contribution in [1.82, 2.24) is 34.7 Å². The molecule has 4 aliphatic heterocycles. The van der Waals surface area contributed by atoms with E-state index in [2.05, 4.69) is 15.3 Å². The summed E-state index contributed by atoms with van der Waals surface area (Å²) in [5, 5.41) is 16.3. The number of aromatic nitrogens is 2. The summed E-state index contributed by atoms with van der Waals surface area (Å²) in [6.45, 7) is 5.21. The van der Waals surface area contributed by atoms with Gasteiger partial charge in [-0.2, -0.15) is 18.2 Å². The second-order valence-corrected chi connectivity index (χ2v) is 13.0. The maximum atomic E-state index is 14.4. The van der Waals surface area contributed by atoms with Crippen molar-refractivity contribution in [2.45, 2.75) is 43.3 Å². The Hall–Kier alpha value is -4.68. The molecule has 6 rings (SSSR count). The highest BCUT2D eigenvalue weighted by atomic mass is 32.2. The predicted octanol–water partition coefficient (Wildman–Crippen LogP) is 3.15. The maximum Gasteiger partial charge on any atom is 0.446 e. The van der Waals surface area contributed by atoms with E-state index in [-0.39, 0.29) is 65.3 Å². The van der Waals surface area contributed by atoms with Crippen molar-refractivity contribution in [3.05, 3.63) is 65.0 Å². The molecule has 14 nitrogen and oxygen atoms in total. The summed E-state index contributed by atoms with van der Waals surface area (Å²) in [5.74, 6) is -1.23. The number of hydrazine groups is 1. The first-order valence-corrected chi connectivity index (χ1v) is 16.8. The average Bonchev–Trinajstić information content (AvgIpc) is 3.44. The number of aliphatic imine (C=N–C) groups is 1. The summed E-state index contributed by atoms with van der Waals surface area (Å²) in [6, 6.07) is 5.37. The van der Waals surface area contributed by atoms with Crippen molar-refractivity contribution >= 4 is 41.1 Å². The van der Waals surface area contributed by atoms with Crippen LogP contribution in [-0.4, -0.2) is 128 Å². The number of aromatic hydroxyl groups is 1. The van der Waals surface area contributed by atoms with E-state index < -0.39 is 23.5 Å². The Morgan fingerprint density at radius 1 is 1.12 bits per heavy atom. The molecule has 1 aromatic heterocycles. The van der Waals surface area contributed by atoms with Gasteiger partial charge in [0.05, 0.1) is 24.6 Å². The zero-order valence-electron chi connectivity index (χ0n) is 27.6. The van der Waals surface area contributed by atoms with E-state index in [4.69, 9.17) is 9.73 Å². The first kappa shape index (κ1) is 35.2. The summed E-state index contributed by atoms with van der Waals surface area (Å²) in [5.41, 5.74) is -2.01. The average molecular weight is 716 g/mol. The molecule has 2 aromatic rings. The number of alkyl halides is 3. The normalized spacial score (nSPS) is 20.2. The largest absolute Gasteiger partial charge is 0.504 e. The van der Waals surface area contributed by atoms with E-state index in [1.54, 1.807) is 28.8 Å². The number of amides is 3. The first-order valence-electron chi connectivity index (χ1n) is 16.0. The van der Waals surface area contributed by atoms with Gasteiger partial charge in [0.25, 0.3) is 11.8 Å². The van der Waals surface area contributed by atoms with Gasteiger partial charge in [0.1, 0.15) is 24.7 Å². The Labute approximate surface area is 290 Å². The standard InChI is InChI=1S/C32H36F3N9O5S/c1-4-23-26(41-11-13-42(14-12-41)29(47)25-27(46)19(2)36-18-37-25)30(48)44-31(39-28(40(44)3)20-9-15-49-16-10-20)43(23)17-24(45)38-21-5-7-22(8-6-21)50-32(33,34)35/h5-9,18,28,46H,4,10-17H2,1-3H3,(H,38,45). The third-order valence-electron chi connectivity index (χ3n) is 8.76. The zero-order valence-corrected chi connectivity index (χ0v) is 28.4. The summed E-state index contributed by atoms with van der Waals surface area (Å²) >= 11 is -0.242. The highest BCUT2D eigenvalue weighted by Gasteiger charge is 2.48. The number of benzene rings is 1. The molecule has 1 saturated heterocycles. The molecule has 50 heavy (non-hydrogen) atoms. The van der Waals surface area contributed by atoms with Crippen LogP contribution >= 0.6 is 11.8 Å². The van der Waals surface area contributed by atoms with Gasteiger partial charge in [-0.15, -0.1) is 0 Å². The summed E-state index contributed by atoms with van der Waals surface area (Å²) in [6.07, 6.45) is 3.65. The Kier molecular flexibility index (Phi) is 10.0. The number of anilines is 1. The van der Waals surface area contributed by atoms with Crippen molar-refractivity contribution in [1.29, 1.82) is 0 Å². The number of rotatable bonds is 8. The number of aryl methyl sites for hydroxylation is 1. The minimum absolute atomic E-state index is 0.0101. The van der Waals surface area contributed by atoms with Crippen LogP contribution in [0, 0.1) is 6.92 Å². The number of nitrogens with one attached hydrogen (secondary N) is 1. The van der Waals surface area contributed by atoms with E-state index in [1.807, 2.05) is 17.9 Å². The van der Waals surface area contributed by atoms with Crippen LogP contribution in [-0.2, 0) is 14.3 Å². The molecule has 1 unspecified atom stereocenters. The first-order chi connectivity index (χ1) is 23.9. The molecule has 0 aliphatic carbocycles. The van der Waals surface area contributed by atoms with Gasteiger partial charge in [-0.3, -0.25) is 14.4 Å². The Balaban J connectivity index is 1.27. The fraction of sp³-hybridized carbons (Fsp3) is 0.438. The predicted molar refractivity (Wildman–Crippen MR) is 176 cm³/mol. The SMILES string of the molecule is CCC1=C(N2CCN(C(=O)c3ncnc(C)c3O)CC2)C(=O)N2C(=NC(C3=CCOCC3)N2C)N1CC(=O)Nc1ccc(SC(F)(F)F)cc1. The number of likely N-dealkylation sites (N-methyl/N-ethyl adjacent to an activating group) is 1. The van der Waals surface area contributed by atoms with Gasteiger partial charge in [0, 0.05) is 43.8 Å². The van der Waals surface area contributed by atoms with Crippen molar-refractivity contribution < 1.29 is 37.4 Å². The number of piperazine rings is 1. The summed E-state index contributed by atoms with van der Waals surface area (Å²) < 4.78 is 43.9. The van der Waals surface area contributed by atoms with Crippen molar-refractivity contribution in [3.63, 3.8) is 0 Å². The topological polar surface area (TPSA) is 147 Å². The smallest absolute Gasteiger partial charge is 0.446 e. The van der Waals surface area contributed by atoms with Crippen LogP contribution < -0.4 is 5.32 Å². The molecule has 1 aromatic carbocycles. The van der Waals surface area contributed by atoms with Gasteiger partial charge in [0.2, 0.25) is 11.9 Å². The van der Waals surface area contributed by atoms with E-state index >= 15 is 0 Å². The molecule has 0 radical (unpaired) electrons. The lowest BCUT2D eigenvalue weighted by atomic mass is 10.1. The van der Waals surface area contributed by atoms with Gasteiger partial charge in [-0.05, 0) is 61.4 Å². The van der Waals surface area contributed by atoms with Crippen LogP contribution in [0.5, 0.6) is 5.75 Å². The minimum atomic E-state index is -4.43. The highest BCUT2D eigenvalue weighted by molar-refractivity contribution is 8.00. The maximum absolute atomic E-state index is 14.4. The molecular formula is C32H36F3N9O5S. The van der Waals surface area contributed by atoms with Crippen LogP contribution in [0.4, 0.5) is 18.9 Å². The number of fused-ring (bicyclic) bond motifs is 1. The van der Waals surface area contributed by atoms with Crippen LogP contribution in [0.3, 0.4) is 0 Å². The number of thioether (sulfide) groups is 1. The quantitative estimate of drug-likeness (QED) is 0.307. The number of hydrogen-bond acceptors (Lipinski definition) is 12. The summed E-state index contributed by atoms with van der Waals surface area (Å²) in [7, 11) is 1.76. The minimum Gasteiger partial charge on any atom is -0.504 e. The summed E-state index contributed by atoms with van der Waals surface area (Å²) in [4.78, 5) is 59.2. The Morgan fingerprint density at radius 3 is 2.48 bits per heavy atom. The van der Waals surface area contributed by atoms with E-state index in [0.29, 0.717) is 56.2 Å². The molecule has 2 N–H and O–H groups in total. The van der Waals surface area contributed by atoms with Gasteiger partial charge >= 0.3 is 5.51 Å². The number of hydrogen-bond donors (Lipinski definition) is 2.